The Balaban J connectivity index is 1.40. The average molecular weight is 448 g/mol. The summed E-state index contributed by atoms with van der Waals surface area (Å²) in [6, 6.07) is 13.4. The van der Waals surface area contributed by atoms with E-state index in [2.05, 4.69) is 31.1 Å². The molecule has 0 spiro atoms. The highest BCUT2D eigenvalue weighted by Gasteiger charge is 2.16. The number of halogens is 1. The van der Waals surface area contributed by atoms with Crippen molar-refractivity contribution in [2.75, 3.05) is 0 Å². The number of hydrogen-bond acceptors (Lipinski definition) is 8. The minimum Gasteiger partial charge on any atom is -0.451 e. The summed E-state index contributed by atoms with van der Waals surface area (Å²) < 4.78 is 11.7. The van der Waals surface area contributed by atoms with Gasteiger partial charge in [-0.15, -0.1) is 32.9 Å². The first-order chi connectivity index (χ1) is 12.7. The molecule has 0 radical (unpaired) electrons. The van der Waals surface area contributed by atoms with E-state index >= 15 is 0 Å². The Labute approximate surface area is 164 Å². The van der Waals surface area contributed by atoms with Crippen LogP contribution in [0.3, 0.4) is 0 Å². The predicted octanol–water partition coefficient (Wildman–Crippen LogP) is 5.04. The van der Waals surface area contributed by atoms with Crippen LogP contribution in [0.5, 0.6) is 0 Å². The maximum atomic E-state index is 12.2. The van der Waals surface area contributed by atoms with E-state index in [1.807, 2.05) is 42.5 Å². The van der Waals surface area contributed by atoms with E-state index in [0.29, 0.717) is 5.89 Å². The van der Waals surface area contributed by atoms with Gasteiger partial charge >= 0.3 is 5.97 Å². The molecule has 0 N–H and O–H groups in total. The molecule has 0 fully saturated rings. The first-order valence-electron chi connectivity index (χ1n) is 7.45. The second-order valence-electron chi connectivity index (χ2n) is 5.08. The number of nitrogens with zero attached hydrogens (tertiary/aromatic N) is 3. The summed E-state index contributed by atoms with van der Waals surface area (Å²) >= 11 is 6.25. The van der Waals surface area contributed by atoms with E-state index < -0.39 is 5.97 Å². The SMILES string of the molecule is O=C(OCc1nnc(-c2ccc(Br)s2)o1)c1csc(-c2ccccc2)n1. The molecule has 0 saturated carbocycles. The Morgan fingerprint density at radius 3 is 2.77 bits per heavy atom. The van der Waals surface area contributed by atoms with Gasteiger partial charge in [0.25, 0.3) is 11.8 Å². The third kappa shape index (κ3) is 3.74. The topological polar surface area (TPSA) is 78.1 Å². The minimum absolute atomic E-state index is 0.101. The first-order valence-corrected chi connectivity index (χ1v) is 9.94. The molecule has 4 aromatic rings. The van der Waals surface area contributed by atoms with E-state index in [0.717, 1.165) is 19.2 Å². The van der Waals surface area contributed by atoms with Crippen molar-refractivity contribution < 1.29 is 13.9 Å². The largest absolute Gasteiger partial charge is 0.451 e. The summed E-state index contributed by atoms with van der Waals surface area (Å²) in [4.78, 5) is 17.3. The summed E-state index contributed by atoms with van der Waals surface area (Å²) in [5.74, 6) is 0.102. The molecule has 9 heteroatoms. The number of ether oxygens (including phenoxy) is 1. The van der Waals surface area contributed by atoms with Gasteiger partial charge in [0.1, 0.15) is 5.01 Å². The number of benzene rings is 1. The van der Waals surface area contributed by atoms with Crippen LogP contribution in [0.1, 0.15) is 16.4 Å². The summed E-state index contributed by atoms with van der Waals surface area (Å²) in [6.07, 6.45) is 0. The standard InChI is InChI=1S/C17H10BrN3O3S2/c18-13-7-6-12(26-13)15-21-20-14(24-15)8-23-17(22)11-9-25-16(19-11)10-4-2-1-3-5-10/h1-7,9H,8H2. The Morgan fingerprint density at radius 2 is 2.00 bits per heavy atom. The molecule has 0 aliphatic heterocycles. The monoisotopic (exact) mass is 447 g/mol. The molecule has 0 aliphatic carbocycles. The fourth-order valence-electron chi connectivity index (χ4n) is 2.12. The van der Waals surface area contributed by atoms with Gasteiger partial charge in [-0.2, -0.15) is 0 Å². The van der Waals surface area contributed by atoms with Crippen LogP contribution in [0.25, 0.3) is 21.3 Å². The minimum atomic E-state index is -0.526. The van der Waals surface area contributed by atoms with Gasteiger partial charge in [0.15, 0.2) is 12.3 Å². The molecule has 0 bridgehead atoms. The zero-order chi connectivity index (χ0) is 17.9. The molecule has 130 valence electrons. The zero-order valence-corrected chi connectivity index (χ0v) is 16.3. The van der Waals surface area contributed by atoms with Crippen LogP contribution in [0, 0.1) is 0 Å². The van der Waals surface area contributed by atoms with Gasteiger partial charge in [-0.05, 0) is 28.1 Å². The molecular formula is C17H10BrN3O3S2. The van der Waals surface area contributed by atoms with Crippen molar-refractivity contribution in [1.29, 1.82) is 0 Å². The molecule has 0 amide bonds. The van der Waals surface area contributed by atoms with Crippen molar-refractivity contribution in [3.8, 4) is 21.3 Å². The molecule has 1 aromatic carbocycles. The third-order valence-corrected chi connectivity index (χ3v) is 5.81. The zero-order valence-electron chi connectivity index (χ0n) is 13.1. The molecule has 3 heterocycles. The van der Waals surface area contributed by atoms with Gasteiger partial charge in [0, 0.05) is 10.9 Å². The number of esters is 1. The summed E-state index contributed by atoms with van der Waals surface area (Å²) in [5, 5.41) is 10.3. The Morgan fingerprint density at radius 1 is 1.15 bits per heavy atom. The second-order valence-corrected chi connectivity index (χ2v) is 8.41. The highest BCUT2D eigenvalue weighted by atomic mass is 79.9. The fraction of sp³-hybridized carbons (Fsp3) is 0.0588. The van der Waals surface area contributed by atoms with Crippen molar-refractivity contribution in [2.45, 2.75) is 6.61 Å². The van der Waals surface area contributed by atoms with Crippen LogP contribution in [-0.2, 0) is 11.3 Å². The molecule has 0 aliphatic rings. The van der Waals surface area contributed by atoms with Gasteiger partial charge in [0.05, 0.1) is 8.66 Å². The third-order valence-electron chi connectivity index (χ3n) is 3.31. The maximum Gasteiger partial charge on any atom is 0.358 e. The van der Waals surface area contributed by atoms with Gasteiger partial charge in [-0.25, -0.2) is 9.78 Å². The number of aromatic nitrogens is 3. The van der Waals surface area contributed by atoms with Gasteiger partial charge < -0.3 is 9.15 Å². The smallest absolute Gasteiger partial charge is 0.358 e. The lowest BCUT2D eigenvalue weighted by Crippen LogP contribution is -2.05. The number of hydrogen-bond donors (Lipinski definition) is 0. The molecule has 3 aromatic heterocycles. The van der Waals surface area contributed by atoms with E-state index in [-0.39, 0.29) is 18.2 Å². The Hall–Kier alpha value is -2.36. The summed E-state index contributed by atoms with van der Waals surface area (Å²) in [6.45, 7) is -0.101. The van der Waals surface area contributed by atoms with E-state index in [9.17, 15) is 4.79 Å². The van der Waals surface area contributed by atoms with Crippen molar-refractivity contribution in [3.05, 3.63) is 63.2 Å². The van der Waals surface area contributed by atoms with Gasteiger partial charge in [-0.3, -0.25) is 0 Å². The lowest BCUT2D eigenvalue weighted by molar-refractivity contribution is 0.0433. The van der Waals surface area contributed by atoms with Crippen LogP contribution in [0.2, 0.25) is 0 Å². The lowest BCUT2D eigenvalue weighted by atomic mass is 10.2. The Bertz CT molecular complexity index is 1040. The molecular weight excluding hydrogens is 438 g/mol. The average Bonchev–Trinajstić information content (AvgIpc) is 3.40. The molecule has 4 rings (SSSR count). The number of carbonyl (C=O) groups excluding carboxylic acids is 1. The Kier molecular flexibility index (Phi) is 4.91. The van der Waals surface area contributed by atoms with Crippen LogP contribution in [0.4, 0.5) is 0 Å². The molecule has 6 nitrogen and oxygen atoms in total. The fourth-order valence-corrected chi connectivity index (χ4v) is 4.23. The van der Waals surface area contributed by atoms with Crippen LogP contribution in [0.15, 0.2) is 56.0 Å². The van der Waals surface area contributed by atoms with Crippen LogP contribution >= 0.6 is 38.6 Å². The lowest BCUT2D eigenvalue weighted by Gasteiger charge is -1.98. The maximum absolute atomic E-state index is 12.2. The summed E-state index contributed by atoms with van der Waals surface area (Å²) in [7, 11) is 0. The number of thiazole rings is 1. The molecule has 26 heavy (non-hydrogen) atoms. The molecule has 0 saturated heterocycles. The normalized spacial score (nSPS) is 10.8. The predicted molar refractivity (Wildman–Crippen MR) is 102 cm³/mol. The van der Waals surface area contributed by atoms with Crippen molar-refractivity contribution in [2.24, 2.45) is 0 Å². The second kappa shape index (κ2) is 7.48. The van der Waals surface area contributed by atoms with Crippen molar-refractivity contribution in [3.63, 3.8) is 0 Å². The van der Waals surface area contributed by atoms with Crippen LogP contribution < -0.4 is 0 Å². The first kappa shape index (κ1) is 17.1. The van der Waals surface area contributed by atoms with Gasteiger partial charge in [-0.1, -0.05) is 30.3 Å². The van der Waals surface area contributed by atoms with Crippen molar-refractivity contribution in [1.82, 2.24) is 15.2 Å². The van der Waals surface area contributed by atoms with E-state index in [1.165, 1.54) is 22.7 Å². The van der Waals surface area contributed by atoms with E-state index in [1.54, 1.807) is 5.38 Å². The summed E-state index contributed by atoms with van der Waals surface area (Å²) in [5.41, 5.74) is 1.22. The number of carbonyl (C=O) groups is 1. The highest BCUT2D eigenvalue weighted by Crippen LogP contribution is 2.30. The van der Waals surface area contributed by atoms with E-state index in [4.69, 9.17) is 9.15 Å². The quantitative estimate of drug-likeness (QED) is 0.398. The number of thiophene rings is 1. The van der Waals surface area contributed by atoms with Crippen molar-refractivity contribution >= 4 is 44.6 Å². The molecule has 0 atom stereocenters. The van der Waals surface area contributed by atoms with Crippen LogP contribution in [-0.4, -0.2) is 21.2 Å². The molecule has 0 unspecified atom stereocenters. The number of rotatable bonds is 5. The highest BCUT2D eigenvalue weighted by molar-refractivity contribution is 9.11. The van der Waals surface area contributed by atoms with Gasteiger partial charge in [0.2, 0.25) is 0 Å².